The number of rotatable bonds is 24. The van der Waals surface area contributed by atoms with Gasteiger partial charge in [0.2, 0.25) is 0 Å². The average molecular weight is 550 g/mol. The summed E-state index contributed by atoms with van der Waals surface area (Å²) in [5.41, 5.74) is 0. The first kappa shape index (κ1) is 35.2. The maximum Gasteiger partial charge on any atom is 0.251 e. The van der Waals surface area contributed by atoms with Gasteiger partial charge in [-0.05, 0) is 12.8 Å². The van der Waals surface area contributed by atoms with E-state index in [1.807, 2.05) is 0 Å². The summed E-state index contributed by atoms with van der Waals surface area (Å²) in [5.74, 6) is -0.716. The van der Waals surface area contributed by atoms with Gasteiger partial charge in [-0.15, -0.1) is 0 Å². The SMILES string of the molecule is CCCCCCCCCCCCCCCCNC(=O)C(O)C(O)C(CCO)OCC1OC(CO)C(O)C1O. The van der Waals surface area contributed by atoms with Gasteiger partial charge in [-0.2, -0.15) is 0 Å². The lowest BCUT2D eigenvalue weighted by atomic mass is 10.0. The number of amides is 1. The molecule has 0 bridgehead atoms. The second-order valence-electron chi connectivity index (χ2n) is 10.6. The monoisotopic (exact) mass is 549 g/mol. The maximum atomic E-state index is 12.3. The minimum absolute atomic E-state index is 0.0563. The third-order valence-electron chi connectivity index (χ3n) is 7.33. The zero-order chi connectivity index (χ0) is 28.2. The highest BCUT2D eigenvalue weighted by Crippen LogP contribution is 2.22. The van der Waals surface area contributed by atoms with Gasteiger partial charge < -0.3 is 45.4 Å². The molecule has 1 aliphatic heterocycles. The van der Waals surface area contributed by atoms with E-state index in [0.29, 0.717) is 6.54 Å². The largest absolute Gasteiger partial charge is 0.396 e. The van der Waals surface area contributed by atoms with Crippen molar-refractivity contribution in [3.05, 3.63) is 0 Å². The Labute approximate surface area is 228 Å². The van der Waals surface area contributed by atoms with E-state index in [4.69, 9.17) is 9.47 Å². The minimum Gasteiger partial charge on any atom is -0.396 e. The van der Waals surface area contributed by atoms with Crippen molar-refractivity contribution in [2.75, 3.05) is 26.4 Å². The Morgan fingerprint density at radius 3 is 1.79 bits per heavy atom. The molecule has 1 saturated heterocycles. The number of aliphatic hydroxyl groups is 6. The summed E-state index contributed by atoms with van der Waals surface area (Å²) in [7, 11) is 0. The lowest BCUT2D eigenvalue weighted by Gasteiger charge is -2.27. The van der Waals surface area contributed by atoms with Crippen LogP contribution >= 0.6 is 0 Å². The molecule has 1 rings (SSSR count). The molecule has 1 amide bonds. The first-order valence-corrected chi connectivity index (χ1v) is 14.9. The van der Waals surface area contributed by atoms with Gasteiger partial charge >= 0.3 is 0 Å². The van der Waals surface area contributed by atoms with E-state index in [2.05, 4.69) is 12.2 Å². The van der Waals surface area contributed by atoms with E-state index in [1.54, 1.807) is 0 Å². The number of hydrogen-bond donors (Lipinski definition) is 7. The molecule has 0 radical (unpaired) electrons. The molecule has 226 valence electrons. The van der Waals surface area contributed by atoms with Crippen molar-refractivity contribution in [2.45, 2.75) is 146 Å². The lowest BCUT2D eigenvalue weighted by Crippen LogP contribution is -2.49. The van der Waals surface area contributed by atoms with Crippen LogP contribution in [0.15, 0.2) is 0 Å². The summed E-state index contributed by atoms with van der Waals surface area (Å²) in [6.07, 6.45) is 8.35. The van der Waals surface area contributed by atoms with Crippen molar-refractivity contribution in [2.24, 2.45) is 0 Å². The van der Waals surface area contributed by atoms with E-state index in [9.17, 15) is 35.4 Å². The molecule has 0 aliphatic carbocycles. The summed E-state index contributed by atoms with van der Waals surface area (Å²) in [6.45, 7) is 1.55. The van der Waals surface area contributed by atoms with Gasteiger partial charge in [-0.25, -0.2) is 0 Å². The quantitative estimate of drug-likeness (QED) is 0.0883. The lowest BCUT2D eigenvalue weighted by molar-refractivity contribution is -0.151. The molecule has 0 aromatic heterocycles. The van der Waals surface area contributed by atoms with Crippen LogP contribution in [0.3, 0.4) is 0 Å². The first-order chi connectivity index (χ1) is 18.4. The molecule has 0 aromatic carbocycles. The van der Waals surface area contributed by atoms with Gasteiger partial charge in [0.05, 0.1) is 19.3 Å². The van der Waals surface area contributed by atoms with Crippen molar-refractivity contribution >= 4 is 5.91 Å². The molecule has 0 spiro atoms. The molecule has 10 heteroatoms. The van der Waals surface area contributed by atoms with Crippen molar-refractivity contribution in [3.8, 4) is 0 Å². The molecule has 1 aliphatic rings. The zero-order valence-corrected chi connectivity index (χ0v) is 23.4. The summed E-state index contributed by atoms with van der Waals surface area (Å²) < 4.78 is 10.8. The van der Waals surface area contributed by atoms with Gasteiger partial charge in [-0.1, -0.05) is 90.4 Å². The van der Waals surface area contributed by atoms with Crippen LogP contribution in [0, 0.1) is 0 Å². The molecule has 0 saturated carbocycles. The Morgan fingerprint density at radius 2 is 1.32 bits per heavy atom. The van der Waals surface area contributed by atoms with Crippen LogP contribution in [0.4, 0.5) is 0 Å². The van der Waals surface area contributed by atoms with Crippen LogP contribution in [-0.4, -0.2) is 106 Å². The van der Waals surface area contributed by atoms with Gasteiger partial charge in [0.1, 0.15) is 30.5 Å². The number of carbonyl (C=O) groups excluding carboxylic acids is 1. The number of aliphatic hydroxyl groups excluding tert-OH is 6. The highest BCUT2D eigenvalue weighted by molar-refractivity contribution is 5.81. The summed E-state index contributed by atoms with van der Waals surface area (Å²) >= 11 is 0. The Kier molecular flexibility index (Phi) is 20.3. The number of hydrogen-bond acceptors (Lipinski definition) is 9. The second kappa shape index (κ2) is 21.9. The molecule has 10 nitrogen and oxygen atoms in total. The highest BCUT2D eigenvalue weighted by Gasteiger charge is 2.43. The van der Waals surface area contributed by atoms with Crippen molar-refractivity contribution in [1.29, 1.82) is 0 Å². The number of ether oxygens (including phenoxy) is 2. The topological polar surface area (TPSA) is 169 Å². The fourth-order valence-corrected chi connectivity index (χ4v) is 4.81. The van der Waals surface area contributed by atoms with Crippen LogP contribution in [0.2, 0.25) is 0 Å². The van der Waals surface area contributed by atoms with Gasteiger partial charge in [0.15, 0.2) is 6.10 Å². The maximum absolute atomic E-state index is 12.3. The molecule has 1 heterocycles. The normalized spacial score (nSPS) is 23.9. The number of nitrogens with one attached hydrogen (secondary N) is 1. The van der Waals surface area contributed by atoms with Crippen molar-refractivity contribution < 1.29 is 44.9 Å². The number of carbonyl (C=O) groups is 1. The molecule has 0 aromatic rings. The average Bonchev–Trinajstić information content (AvgIpc) is 3.20. The molecule has 7 unspecified atom stereocenters. The van der Waals surface area contributed by atoms with Gasteiger partial charge in [0.25, 0.3) is 5.91 Å². The molecular weight excluding hydrogens is 494 g/mol. The van der Waals surface area contributed by atoms with Crippen LogP contribution < -0.4 is 5.32 Å². The summed E-state index contributed by atoms with van der Waals surface area (Å²) in [6, 6.07) is 0. The Bertz CT molecular complexity index is 583. The van der Waals surface area contributed by atoms with Crippen LogP contribution in [0.25, 0.3) is 0 Å². The number of unbranched alkanes of at least 4 members (excludes halogenated alkanes) is 13. The Hall–Kier alpha value is -0.850. The summed E-state index contributed by atoms with van der Waals surface area (Å²) in [4.78, 5) is 12.3. The van der Waals surface area contributed by atoms with E-state index in [1.165, 1.54) is 70.6 Å². The predicted molar refractivity (Wildman–Crippen MR) is 145 cm³/mol. The van der Waals surface area contributed by atoms with Crippen molar-refractivity contribution in [1.82, 2.24) is 5.32 Å². The second-order valence-corrected chi connectivity index (χ2v) is 10.6. The van der Waals surface area contributed by atoms with Gasteiger partial charge in [0, 0.05) is 13.2 Å². The molecule has 7 N–H and O–H groups in total. The van der Waals surface area contributed by atoms with Gasteiger partial charge in [-0.3, -0.25) is 4.79 Å². The van der Waals surface area contributed by atoms with E-state index in [0.717, 1.165) is 19.3 Å². The zero-order valence-electron chi connectivity index (χ0n) is 23.4. The summed E-state index contributed by atoms with van der Waals surface area (Å²) in [5, 5.41) is 61.7. The third-order valence-corrected chi connectivity index (χ3v) is 7.33. The van der Waals surface area contributed by atoms with Crippen LogP contribution in [0.5, 0.6) is 0 Å². The van der Waals surface area contributed by atoms with Crippen LogP contribution in [-0.2, 0) is 14.3 Å². The first-order valence-electron chi connectivity index (χ1n) is 14.9. The van der Waals surface area contributed by atoms with E-state index >= 15 is 0 Å². The third kappa shape index (κ3) is 14.0. The Morgan fingerprint density at radius 1 is 0.816 bits per heavy atom. The fraction of sp³-hybridized carbons (Fsp3) is 0.964. The molecule has 38 heavy (non-hydrogen) atoms. The predicted octanol–water partition coefficient (Wildman–Crippen LogP) is 1.55. The molecular formula is C28H55NO9. The van der Waals surface area contributed by atoms with Crippen LogP contribution in [0.1, 0.15) is 103 Å². The Balaban J connectivity index is 2.15. The highest BCUT2D eigenvalue weighted by atomic mass is 16.6. The fourth-order valence-electron chi connectivity index (χ4n) is 4.81. The van der Waals surface area contributed by atoms with E-state index < -0.39 is 55.2 Å². The minimum atomic E-state index is -1.75. The van der Waals surface area contributed by atoms with E-state index in [-0.39, 0.29) is 19.6 Å². The molecule has 1 fully saturated rings. The smallest absolute Gasteiger partial charge is 0.251 e. The molecule has 7 atom stereocenters. The standard InChI is InChI=1S/C28H55NO9/c1-2-3-4-5-6-7-8-9-10-11-12-13-14-15-17-29-28(36)27(35)24(32)21(16-18-30)37-20-23-26(34)25(33)22(19-31)38-23/h21-27,30-35H,2-20H2,1H3,(H,29,36). The van der Waals surface area contributed by atoms with Crippen molar-refractivity contribution in [3.63, 3.8) is 0 Å².